The van der Waals surface area contributed by atoms with Gasteiger partial charge in [0.05, 0.1) is 39.9 Å². The van der Waals surface area contributed by atoms with E-state index in [9.17, 15) is 8.42 Å². The lowest BCUT2D eigenvalue weighted by Gasteiger charge is -2.32. The number of nitrogens with two attached hydrogens (primary N) is 1. The number of aromatic nitrogens is 12. The molecule has 2 aliphatic heterocycles. The van der Waals surface area contributed by atoms with Crippen molar-refractivity contribution in [3.05, 3.63) is 139 Å². The molecule has 0 aliphatic carbocycles. The van der Waals surface area contributed by atoms with Gasteiger partial charge in [0.2, 0.25) is 10.0 Å². The molecule has 9 heterocycles. The predicted molar refractivity (Wildman–Crippen MR) is 277 cm³/mol. The standard InChI is InChI=1S/C53H51N15O3S/c1-31-45(34-7-5-4-6-8-34)64-47(61-31)37-19-23-67(24-20-37)51-42-26-44(38-27-55-53(71-3)56-28-38)68(52(42)60-30-59-51)39-13-9-35(10-14-39)46-32(2)62-48(65-46)36-17-21-66(22-18-36)50-41-25-43(63-49(41)57-29-58-50)33-11-15-40(16-12-33)72(54,69)70/h4-16,25-30,36-37H,17-24H2,1-3H3,(H,61,64)(H,62,65)(H2,54,69,70)(H,57,58,63). The number of imidazole rings is 2. The summed E-state index contributed by atoms with van der Waals surface area (Å²) in [7, 11) is -2.23. The van der Waals surface area contributed by atoms with Gasteiger partial charge in [-0.2, -0.15) is 0 Å². The Morgan fingerprint density at radius 2 is 1.17 bits per heavy atom. The minimum Gasteiger partial charge on any atom is -0.467 e. The first-order valence-corrected chi connectivity index (χ1v) is 25.6. The van der Waals surface area contributed by atoms with Crippen LogP contribution in [0.5, 0.6) is 6.01 Å². The van der Waals surface area contributed by atoms with Gasteiger partial charge in [-0.3, -0.25) is 4.57 Å². The van der Waals surface area contributed by atoms with Crippen molar-refractivity contribution in [2.24, 2.45) is 5.14 Å². The molecule has 0 atom stereocenters. The number of ether oxygens (including phenoxy) is 1. The lowest BCUT2D eigenvalue weighted by atomic mass is 9.96. The van der Waals surface area contributed by atoms with Crippen LogP contribution < -0.4 is 19.7 Å². The highest BCUT2D eigenvalue weighted by atomic mass is 32.2. The average Bonchev–Trinajstić information content (AvgIpc) is 4.23. The summed E-state index contributed by atoms with van der Waals surface area (Å²) in [5, 5.41) is 7.17. The summed E-state index contributed by atoms with van der Waals surface area (Å²) in [5.74, 6) is 4.34. The van der Waals surface area contributed by atoms with Crippen LogP contribution in [-0.2, 0) is 10.0 Å². The highest BCUT2D eigenvalue weighted by Crippen LogP contribution is 2.39. The van der Waals surface area contributed by atoms with Crippen molar-refractivity contribution in [3.8, 4) is 56.7 Å². The van der Waals surface area contributed by atoms with Gasteiger partial charge in [-0.25, -0.2) is 53.4 Å². The number of piperidine rings is 2. The van der Waals surface area contributed by atoms with Crippen molar-refractivity contribution >= 4 is 43.7 Å². The number of aromatic amines is 3. The molecule has 5 N–H and O–H groups in total. The Morgan fingerprint density at radius 1 is 0.611 bits per heavy atom. The first kappa shape index (κ1) is 44.9. The van der Waals surface area contributed by atoms with Crippen LogP contribution in [0.2, 0.25) is 0 Å². The molecule has 18 nitrogen and oxygen atoms in total. The van der Waals surface area contributed by atoms with Crippen LogP contribution in [-0.4, -0.2) is 101 Å². The molecular formula is C53H51N15O3S. The summed E-state index contributed by atoms with van der Waals surface area (Å²) >= 11 is 0. The second kappa shape index (κ2) is 18.1. The largest absolute Gasteiger partial charge is 0.467 e. The van der Waals surface area contributed by atoms with E-state index in [0.717, 1.165) is 154 Å². The number of sulfonamides is 1. The average molecular weight is 978 g/mol. The quantitative estimate of drug-likeness (QED) is 0.0952. The number of benzene rings is 3. The molecule has 19 heteroatoms. The Labute approximate surface area is 414 Å². The number of primary sulfonamides is 1. The SMILES string of the molecule is COc1ncc(-c2cc3c(N4CCC(c5nc(-c6ccccc6)c(C)[nH]5)CC4)ncnc3n2-c2ccc(-c3nc(C4CCN(c5ncnc6[nH]c(-c7ccc(S(N)(=O)=O)cc7)cc56)CC4)[nH]c3C)cc2)cn1. The highest BCUT2D eigenvalue weighted by molar-refractivity contribution is 7.89. The molecule has 2 aliphatic rings. The predicted octanol–water partition coefficient (Wildman–Crippen LogP) is 8.64. The molecule has 2 saturated heterocycles. The molecule has 0 amide bonds. The van der Waals surface area contributed by atoms with Crippen LogP contribution in [0.15, 0.2) is 121 Å². The second-order valence-corrected chi connectivity index (χ2v) is 20.2. The molecule has 362 valence electrons. The van der Waals surface area contributed by atoms with Gasteiger partial charge in [-0.15, -0.1) is 0 Å². The van der Waals surface area contributed by atoms with E-state index in [4.69, 9.17) is 34.8 Å². The molecule has 0 radical (unpaired) electrons. The van der Waals surface area contributed by atoms with E-state index in [2.05, 4.69) is 113 Å². The van der Waals surface area contributed by atoms with E-state index in [0.29, 0.717) is 17.6 Å². The number of hydrogen-bond donors (Lipinski definition) is 4. The van der Waals surface area contributed by atoms with E-state index < -0.39 is 10.0 Å². The Kier molecular flexibility index (Phi) is 11.3. The van der Waals surface area contributed by atoms with Crippen LogP contribution in [0.4, 0.5) is 11.6 Å². The molecule has 0 bridgehead atoms. The van der Waals surface area contributed by atoms with Crippen molar-refractivity contribution < 1.29 is 13.2 Å². The number of nitrogens with one attached hydrogen (secondary N) is 3. The molecular weight excluding hydrogens is 927 g/mol. The molecule has 10 aromatic rings. The fraction of sp³-hybridized carbons (Fsp3) is 0.245. The van der Waals surface area contributed by atoms with E-state index >= 15 is 0 Å². The third kappa shape index (κ3) is 8.28. The maximum atomic E-state index is 11.8. The van der Waals surface area contributed by atoms with E-state index in [-0.39, 0.29) is 10.8 Å². The minimum atomic E-state index is -3.79. The fourth-order valence-corrected chi connectivity index (χ4v) is 11.0. The number of H-pyrrole nitrogens is 3. The van der Waals surface area contributed by atoms with Crippen molar-refractivity contribution in [1.29, 1.82) is 0 Å². The minimum absolute atomic E-state index is 0.0629. The zero-order valence-corrected chi connectivity index (χ0v) is 40.7. The summed E-state index contributed by atoms with van der Waals surface area (Å²) in [6, 6.07) is 29.8. The van der Waals surface area contributed by atoms with Crippen molar-refractivity contribution in [2.75, 3.05) is 43.1 Å². The Balaban J connectivity index is 0.775. The summed E-state index contributed by atoms with van der Waals surface area (Å²) in [5.41, 5.74) is 11.9. The summed E-state index contributed by atoms with van der Waals surface area (Å²) < 4.78 is 31.1. The van der Waals surface area contributed by atoms with Crippen LogP contribution >= 0.6 is 0 Å². The number of anilines is 2. The highest BCUT2D eigenvalue weighted by Gasteiger charge is 2.29. The van der Waals surface area contributed by atoms with Crippen LogP contribution in [0.3, 0.4) is 0 Å². The number of rotatable bonds is 11. The molecule has 12 rings (SSSR count). The van der Waals surface area contributed by atoms with Gasteiger partial charge in [0.15, 0.2) is 5.65 Å². The first-order chi connectivity index (χ1) is 35.1. The lowest BCUT2D eigenvalue weighted by Crippen LogP contribution is -2.34. The van der Waals surface area contributed by atoms with Crippen LogP contribution in [0, 0.1) is 13.8 Å². The zero-order valence-electron chi connectivity index (χ0n) is 39.9. The lowest BCUT2D eigenvalue weighted by molar-refractivity contribution is 0.380. The third-order valence-corrected chi connectivity index (χ3v) is 15.1. The van der Waals surface area contributed by atoms with Crippen LogP contribution in [0.1, 0.15) is 60.6 Å². The maximum Gasteiger partial charge on any atom is 0.316 e. The third-order valence-electron chi connectivity index (χ3n) is 14.2. The topological polar surface area (TPSA) is 231 Å². The molecule has 2 fully saturated rings. The molecule has 7 aromatic heterocycles. The van der Waals surface area contributed by atoms with Crippen molar-refractivity contribution in [1.82, 2.24) is 59.4 Å². The van der Waals surface area contributed by atoms with Crippen LogP contribution in [0.25, 0.3) is 72.8 Å². The summed E-state index contributed by atoms with van der Waals surface area (Å²) in [6.45, 7) is 7.42. The van der Waals surface area contributed by atoms with Crippen molar-refractivity contribution in [2.45, 2.75) is 56.3 Å². The second-order valence-electron chi connectivity index (χ2n) is 18.6. The Hall–Kier alpha value is -8.29. The Morgan fingerprint density at radius 3 is 1.75 bits per heavy atom. The summed E-state index contributed by atoms with van der Waals surface area (Å²) in [4.78, 5) is 53.6. The Bertz CT molecular complexity index is 3700. The smallest absolute Gasteiger partial charge is 0.316 e. The van der Waals surface area contributed by atoms with E-state index in [1.807, 2.05) is 12.1 Å². The normalized spacial score (nSPS) is 15.0. The molecule has 0 spiro atoms. The van der Waals surface area contributed by atoms with Gasteiger partial charge in [-0.05, 0) is 81.5 Å². The van der Waals surface area contributed by atoms with Gasteiger partial charge in [0.1, 0.15) is 41.6 Å². The van der Waals surface area contributed by atoms with Gasteiger partial charge in [0.25, 0.3) is 0 Å². The number of nitrogens with zero attached hydrogens (tertiary/aromatic N) is 11. The van der Waals surface area contributed by atoms with E-state index in [1.54, 1.807) is 44.3 Å². The maximum absolute atomic E-state index is 11.8. The monoisotopic (exact) mass is 977 g/mol. The molecule has 72 heavy (non-hydrogen) atoms. The number of methoxy groups -OCH3 is 1. The molecule has 0 unspecified atom stereocenters. The van der Waals surface area contributed by atoms with Gasteiger partial charge in [-0.1, -0.05) is 54.6 Å². The van der Waals surface area contributed by atoms with Gasteiger partial charge >= 0.3 is 6.01 Å². The summed E-state index contributed by atoms with van der Waals surface area (Å²) in [6.07, 6.45) is 10.5. The molecule has 0 saturated carbocycles. The van der Waals surface area contributed by atoms with Crippen molar-refractivity contribution in [3.63, 3.8) is 0 Å². The fourth-order valence-electron chi connectivity index (χ4n) is 10.4. The number of aryl methyl sites for hydroxylation is 2. The number of fused-ring (bicyclic) bond motifs is 2. The molecule has 3 aromatic carbocycles. The van der Waals surface area contributed by atoms with E-state index in [1.165, 1.54) is 12.1 Å². The van der Waals surface area contributed by atoms with Gasteiger partial charge < -0.3 is 29.5 Å². The zero-order chi connectivity index (χ0) is 49.1. The number of hydrogen-bond acceptors (Lipinski definition) is 13. The first-order valence-electron chi connectivity index (χ1n) is 24.0. The van der Waals surface area contributed by atoms with Gasteiger partial charge in [0, 0.05) is 89.9 Å².